The summed E-state index contributed by atoms with van der Waals surface area (Å²) in [6.45, 7) is 14.7. The number of phosphoric acid groups is 1. The van der Waals surface area contributed by atoms with Crippen LogP contribution in [0.15, 0.2) is 23.8 Å². The molecular formula is C54H98N2O8P+. The van der Waals surface area contributed by atoms with Gasteiger partial charge < -0.3 is 24.5 Å². The Hall–Kier alpha value is -1.55. The number of hydrogen-bond donors (Lipinski definition) is 3. The average molecular weight is 934 g/mol. The maximum atomic E-state index is 13.3. The number of amides is 1. The Morgan fingerprint density at radius 1 is 0.877 bits per heavy atom. The molecule has 10 nitrogen and oxygen atoms in total. The van der Waals surface area contributed by atoms with Crippen molar-refractivity contribution in [1.29, 1.82) is 0 Å². The van der Waals surface area contributed by atoms with Crippen LogP contribution < -0.4 is 5.32 Å². The zero-order valence-corrected chi connectivity index (χ0v) is 43.9. The highest BCUT2D eigenvalue weighted by Crippen LogP contribution is 2.67. The minimum atomic E-state index is -4.45. The molecule has 3 fully saturated rings. The number of nitrogens with one attached hydrogen (secondary N) is 1. The van der Waals surface area contributed by atoms with Crippen LogP contribution in [-0.2, 0) is 27.9 Å². The highest BCUT2D eigenvalue weighted by atomic mass is 31.2. The molecule has 11 atom stereocenters. The molecule has 0 aliphatic heterocycles. The fourth-order valence-corrected chi connectivity index (χ4v) is 13.4. The maximum absolute atomic E-state index is 13.3. The second-order valence-corrected chi connectivity index (χ2v) is 24.6. The molecule has 3 saturated carbocycles. The molecule has 4 aliphatic carbocycles. The van der Waals surface area contributed by atoms with Crippen molar-refractivity contribution in [2.24, 2.45) is 46.3 Å². The van der Waals surface area contributed by atoms with E-state index < -0.39 is 38.5 Å². The molecule has 0 bridgehead atoms. The van der Waals surface area contributed by atoms with E-state index >= 15 is 0 Å². The normalized spacial score (nSPS) is 29.0. The molecule has 4 rings (SSSR count). The number of hydrogen-bond acceptors (Lipinski definition) is 7. The lowest BCUT2D eigenvalue weighted by Gasteiger charge is -2.58. The topological polar surface area (TPSA) is 131 Å². The zero-order valence-electron chi connectivity index (χ0n) is 43.0. The first-order valence-corrected chi connectivity index (χ1v) is 28.2. The number of rotatable bonds is 31. The summed E-state index contributed by atoms with van der Waals surface area (Å²) in [5, 5.41) is 13.9. The van der Waals surface area contributed by atoms with Gasteiger partial charge in [-0.05, 0) is 104 Å². The summed E-state index contributed by atoms with van der Waals surface area (Å²) in [7, 11) is 1.40. The monoisotopic (exact) mass is 934 g/mol. The third kappa shape index (κ3) is 18.0. The van der Waals surface area contributed by atoms with Crippen LogP contribution in [0.3, 0.4) is 0 Å². The molecule has 11 heteroatoms. The Bertz CT molecular complexity index is 1540. The first kappa shape index (κ1) is 56.0. The summed E-state index contributed by atoms with van der Waals surface area (Å²) >= 11 is 0. The Balaban J connectivity index is 1.24. The van der Waals surface area contributed by atoms with E-state index in [9.17, 15) is 24.2 Å². The molecule has 4 aliphatic rings. The highest BCUT2D eigenvalue weighted by molar-refractivity contribution is 7.47. The van der Waals surface area contributed by atoms with Gasteiger partial charge >= 0.3 is 13.8 Å². The molecule has 0 heterocycles. The number of ether oxygens (including phenoxy) is 1. The number of aliphatic hydroxyl groups excluding tert-OH is 1. The fourth-order valence-electron chi connectivity index (χ4n) is 12.7. The Labute approximate surface area is 397 Å². The maximum Gasteiger partial charge on any atom is 0.472 e. The van der Waals surface area contributed by atoms with Crippen molar-refractivity contribution in [1.82, 2.24) is 5.32 Å². The smallest absolute Gasteiger partial charge is 0.462 e. The minimum Gasteiger partial charge on any atom is -0.462 e. The average Bonchev–Trinajstić information content (AvgIpc) is 3.60. The van der Waals surface area contributed by atoms with Crippen molar-refractivity contribution in [2.45, 2.75) is 220 Å². The lowest BCUT2D eigenvalue weighted by atomic mass is 9.47. The van der Waals surface area contributed by atoms with Crippen molar-refractivity contribution in [3.63, 3.8) is 0 Å². The predicted molar refractivity (Wildman–Crippen MR) is 265 cm³/mol. The summed E-state index contributed by atoms with van der Waals surface area (Å²) < 4.78 is 29.8. The van der Waals surface area contributed by atoms with Gasteiger partial charge in [0.2, 0.25) is 5.91 Å². The Morgan fingerprint density at radius 2 is 1.55 bits per heavy atom. The molecule has 0 radical (unpaired) electrons. The van der Waals surface area contributed by atoms with Gasteiger partial charge in [0.25, 0.3) is 0 Å². The van der Waals surface area contributed by atoms with Crippen molar-refractivity contribution in [3.8, 4) is 0 Å². The van der Waals surface area contributed by atoms with Gasteiger partial charge in [-0.1, -0.05) is 149 Å². The molecule has 0 aromatic carbocycles. The van der Waals surface area contributed by atoms with Gasteiger partial charge in [0.1, 0.15) is 19.3 Å². The van der Waals surface area contributed by atoms with Gasteiger partial charge in [-0.3, -0.25) is 18.6 Å². The minimum absolute atomic E-state index is 0.00897. The van der Waals surface area contributed by atoms with E-state index in [0.717, 1.165) is 74.5 Å². The van der Waals surface area contributed by atoms with Gasteiger partial charge in [0.15, 0.2) is 0 Å². The van der Waals surface area contributed by atoms with Crippen molar-refractivity contribution in [2.75, 3.05) is 40.9 Å². The van der Waals surface area contributed by atoms with Crippen LogP contribution in [0, 0.1) is 46.3 Å². The number of unbranched alkanes of at least 4 members (excludes halogenated alkanes) is 11. The standard InChI is InChI=1S/C54H97N2O8P/c1-10-11-12-13-14-15-16-17-18-19-20-21-22-26-50(57)49(40-63-65(60,61)62-38-37-56(7,8)9)55-51(58)31-32-52(59)64-44-33-35-53(5)43(39-44)27-28-45-47-30-29-46(42(4)25-23-24-41(2)3)54(47,6)36-34-48(45)53/h22,26-27,41-42,44-50,57H,10-21,23-25,28-40H2,1-9H3,(H-,55,58,60,61)/p+1/b26-22+/t42-,44+,45+,46-,47+,48+,49?,50?,53+,54-/m1/s1. The van der Waals surface area contributed by atoms with E-state index in [1.54, 1.807) is 6.08 Å². The van der Waals surface area contributed by atoms with Crippen molar-refractivity contribution in [3.05, 3.63) is 23.8 Å². The summed E-state index contributed by atoms with van der Waals surface area (Å²) in [6, 6.07) is -1.02. The van der Waals surface area contributed by atoms with Gasteiger partial charge in [-0.15, -0.1) is 0 Å². The number of carbonyl (C=O) groups excluding carboxylic acids is 2. The van der Waals surface area contributed by atoms with Gasteiger partial charge in [-0.2, -0.15) is 0 Å². The van der Waals surface area contributed by atoms with E-state index in [2.05, 4.69) is 52.9 Å². The number of likely N-dealkylation sites (N-methyl/N-ethyl adjacent to an activating group) is 1. The summed E-state index contributed by atoms with van der Waals surface area (Å²) in [4.78, 5) is 36.9. The predicted octanol–water partition coefficient (Wildman–Crippen LogP) is 12.7. The highest BCUT2D eigenvalue weighted by Gasteiger charge is 2.59. The van der Waals surface area contributed by atoms with Crippen molar-refractivity contribution < 1.29 is 42.4 Å². The number of fused-ring (bicyclic) bond motifs is 5. The third-order valence-corrected chi connectivity index (χ3v) is 17.6. The molecule has 0 aromatic heterocycles. The van der Waals surface area contributed by atoms with Crippen LogP contribution in [0.5, 0.6) is 0 Å². The zero-order chi connectivity index (χ0) is 47.7. The molecule has 376 valence electrons. The molecule has 0 aromatic rings. The van der Waals surface area contributed by atoms with E-state index in [-0.39, 0.29) is 31.0 Å². The molecule has 0 spiro atoms. The van der Waals surface area contributed by atoms with E-state index in [0.29, 0.717) is 22.4 Å². The first-order valence-electron chi connectivity index (χ1n) is 26.7. The SMILES string of the molecule is CCCCCCCCCCCCC/C=C/C(O)C(COP(=O)(O)OCC[N+](C)(C)C)NC(=O)CCC(=O)O[C@H]1CC[C@@]2(C)C(=CC[C@H]3[C@@H]4CC[C@H]([C@H](C)CCCC(C)C)[C@@]4(C)CC[C@@H]32)C1. The summed E-state index contributed by atoms with van der Waals surface area (Å²) in [5.74, 6) is 3.80. The number of aliphatic hydroxyl groups is 1. The van der Waals surface area contributed by atoms with Gasteiger partial charge in [0.05, 0.1) is 46.3 Å². The molecule has 1 amide bonds. The largest absolute Gasteiger partial charge is 0.472 e. The second kappa shape index (κ2) is 27.0. The van der Waals surface area contributed by atoms with Crippen LogP contribution in [-0.4, -0.2) is 85.5 Å². The quantitative estimate of drug-likeness (QED) is 0.0206. The summed E-state index contributed by atoms with van der Waals surface area (Å²) in [6.07, 6.45) is 32.3. The number of esters is 1. The molecule has 3 N–H and O–H groups in total. The van der Waals surface area contributed by atoms with Crippen LogP contribution in [0.25, 0.3) is 0 Å². The van der Waals surface area contributed by atoms with Gasteiger partial charge in [-0.25, -0.2) is 4.57 Å². The molecule has 3 unspecified atom stereocenters. The van der Waals surface area contributed by atoms with Crippen LogP contribution in [0.4, 0.5) is 0 Å². The summed E-state index contributed by atoms with van der Waals surface area (Å²) in [5.41, 5.74) is 2.08. The van der Waals surface area contributed by atoms with E-state index in [1.807, 2.05) is 27.2 Å². The number of allylic oxidation sites excluding steroid dienone is 2. The fraction of sp³-hybridized carbons (Fsp3) is 0.889. The lowest BCUT2D eigenvalue weighted by molar-refractivity contribution is -0.870. The number of phosphoric ester groups is 1. The lowest BCUT2D eigenvalue weighted by Crippen LogP contribution is -2.51. The van der Waals surface area contributed by atoms with E-state index in [1.165, 1.54) is 108 Å². The second-order valence-electron chi connectivity index (χ2n) is 23.2. The Kier molecular flexibility index (Phi) is 23.3. The Morgan fingerprint density at radius 3 is 2.22 bits per heavy atom. The first-order chi connectivity index (χ1) is 30.8. The third-order valence-electron chi connectivity index (χ3n) is 16.6. The van der Waals surface area contributed by atoms with Crippen LogP contribution in [0.2, 0.25) is 0 Å². The number of nitrogens with zero attached hydrogens (tertiary/aromatic N) is 1. The number of quaternary nitrogens is 1. The number of carbonyl (C=O) groups is 2. The van der Waals surface area contributed by atoms with E-state index in [4.69, 9.17) is 13.8 Å². The van der Waals surface area contributed by atoms with Crippen LogP contribution >= 0.6 is 7.82 Å². The van der Waals surface area contributed by atoms with Crippen molar-refractivity contribution >= 4 is 19.7 Å². The van der Waals surface area contributed by atoms with Gasteiger partial charge in [0, 0.05) is 12.8 Å². The molecular weight excluding hydrogens is 836 g/mol. The van der Waals surface area contributed by atoms with Crippen LogP contribution in [0.1, 0.15) is 202 Å². The molecule has 65 heavy (non-hydrogen) atoms. The molecule has 0 saturated heterocycles.